The lowest BCUT2D eigenvalue weighted by atomic mass is 10.1. The summed E-state index contributed by atoms with van der Waals surface area (Å²) in [4.78, 5) is 14.1. The summed E-state index contributed by atoms with van der Waals surface area (Å²) in [6.45, 7) is 4.73. The molecule has 1 unspecified atom stereocenters. The third-order valence-corrected chi connectivity index (χ3v) is 3.93. The third kappa shape index (κ3) is 3.55. The Morgan fingerprint density at radius 3 is 2.91 bits per heavy atom. The van der Waals surface area contributed by atoms with Crippen LogP contribution in [0, 0.1) is 5.92 Å². The van der Waals surface area contributed by atoms with Gasteiger partial charge in [0.15, 0.2) is 5.69 Å². The summed E-state index contributed by atoms with van der Waals surface area (Å²) in [5.74, 6) is 2.00. The monoisotopic (exact) mass is 314 g/mol. The highest BCUT2D eigenvalue weighted by Gasteiger charge is 2.26. The second-order valence-corrected chi connectivity index (χ2v) is 6.51. The van der Waals surface area contributed by atoms with E-state index in [0.29, 0.717) is 18.2 Å². The second kappa shape index (κ2) is 6.44. The Morgan fingerprint density at radius 1 is 1.39 bits per heavy atom. The number of rotatable bonds is 5. The minimum atomic E-state index is -0.136. The summed E-state index contributed by atoms with van der Waals surface area (Å²) in [5, 5.41) is 3.90. The fraction of sp³-hybridized carbons (Fsp3) is 0.444. The van der Waals surface area contributed by atoms with Gasteiger partial charge in [0.1, 0.15) is 17.6 Å². The van der Waals surface area contributed by atoms with Gasteiger partial charge in [-0.2, -0.15) is 0 Å². The molecule has 0 saturated heterocycles. The first-order valence-corrected chi connectivity index (χ1v) is 7.98. The summed E-state index contributed by atoms with van der Waals surface area (Å²) < 4.78 is 11.1. The lowest BCUT2D eigenvalue weighted by Crippen LogP contribution is -2.36. The predicted octanol–water partition coefficient (Wildman–Crippen LogP) is 2.95. The average Bonchev–Trinajstić information content (AvgIpc) is 3.11. The zero-order valence-electron chi connectivity index (χ0n) is 13.8. The largest absolute Gasteiger partial charge is 0.488 e. The molecule has 0 spiro atoms. The van der Waals surface area contributed by atoms with Gasteiger partial charge in [-0.05, 0) is 17.5 Å². The van der Waals surface area contributed by atoms with Gasteiger partial charge < -0.3 is 14.2 Å². The topological polar surface area (TPSA) is 55.6 Å². The Kier molecular flexibility index (Phi) is 4.37. The van der Waals surface area contributed by atoms with Crippen molar-refractivity contribution in [2.75, 3.05) is 13.6 Å². The molecule has 0 bridgehead atoms. The van der Waals surface area contributed by atoms with Crippen molar-refractivity contribution in [3.63, 3.8) is 0 Å². The molecule has 1 atom stereocenters. The number of amides is 1. The zero-order valence-corrected chi connectivity index (χ0v) is 13.8. The predicted molar refractivity (Wildman–Crippen MR) is 86.6 cm³/mol. The molecule has 5 nitrogen and oxygen atoms in total. The molecule has 3 rings (SSSR count). The number of para-hydroxylation sites is 1. The smallest absolute Gasteiger partial charge is 0.275 e. The van der Waals surface area contributed by atoms with Crippen molar-refractivity contribution in [3.8, 4) is 5.75 Å². The Balaban J connectivity index is 1.59. The number of hydrogen-bond acceptors (Lipinski definition) is 4. The van der Waals surface area contributed by atoms with Gasteiger partial charge in [-0.3, -0.25) is 4.79 Å². The molecule has 1 aliphatic rings. The maximum atomic E-state index is 12.5. The van der Waals surface area contributed by atoms with Crippen LogP contribution in [0.25, 0.3) is 0 Å². The molecule has 0 radical (unpaired) electrons. The van der Waals surface area contributed by atoms with Crippen molar-refractivity contribution >= 4 is 5.91 Å². The Bertz CT molecular complexity index is 668. The highest BCUT2D eigenvalue weighted by molar-refractivity contribution is 5.92. The van der Waals surface area contributed by atoms with Crippen molar-refractivity contribution in [2.45, 2.75) is 32.8 Å². The summed E-state index contributed by atoms with van der Waals surface area (Å²) >= 11 is 0. The average molecular weight is 314 g/mol. The molecule has 1 aromatic carbocycles. The quantitative estimate of drug-likeness (QED) is 0.851. The van der Waals surface area contributed by atoms with E-state index in [1.54, 1.807) is 18.0 Å². The first-order chi connectivity index (χ1) is 11.0. The molecule has 1 aliphatic heterocycles. The number of benzene rings is 1. The van der Waals surface area contributed by atoms with Crippen molar-refractivity contribution in [3.05, 3.63) is 47.3 Å². The lowest BCUT2D eigenvalue weighted by Gasteiger charge is -2.20. The van der Waals surface area contributed by atoms with Gasteiger partial charge in [0.25, 0.3) is 5.91 Å². The van der Waals surface area contributed by atoms with Crippen molar-refractivity contribution in [1.29, 1.82) is 0 Å². The van der Waals surface area contributed by atoms with Gasteiger partial charge in [0, 0.05) is 26.0 Å². The van der Waals surface area contributed by atoms with Gasteiger partial charge in [0.05, 0.1) is 6.54 Å². The van der Waals surface area contributed by atoms with Crippen LogP contribution in [0.3, 0.4) is 0 Å². The number of ether oxygens (including phenoxy) is 1. The van der Waals surface area contributed by atoms with E-state index in [9.17, 15) is 4.79 Å². The highest BCUT2D eigenvalue weighted by atomic mass is 16.5. The molecule has 0 saturated carbocycles. The Hall–Kier alpha value is -2.30. The van der Waals surface area contributed by atoms with Crippen LogP contribution in [0.5, 0.6) is 5.75 Å². The van der Waals surface area contributed by atoms with Crippen molar-refractivity contribution in [2.24, 2.45) is 5.92 Å². The first-order valence-electron chi connectivity index (χ1n) is 7.98. The molecule has 2 heterocycles. The number of nitrogens with zero attached hydrogens (tertiary/aromatic N) is 2. The SMILES string of the molecule is CC(C)Cc1cc(C(=O)N(C)CC2Cc3ccccc3O2)no1. The molecule has 122 valence electrons. The maximum absolute atomic E-state index is 12.5. The van der Waals surface area contributed by atoms with Crippen molar-refractivity contribution < 1.29 is 14.1 Å². The number of hydrogen-bond donors (Lipinski definition) is 0. The molecule has 1 aromatic heterocycles. The van der Waals surface area contributed by atoms with E-state index >= 15 is 0 Å². The second-order valence-electron chi connectivity index (χ2n) is 6.51. The fourth-order valence-electron chi connectivity index (χ4n) is 2.85. The van der Waals surface area contributed by atoms with Gasteiger partial charge in [0.2, 0.25) is 0 Å². The maximum Gasteiger partial charge on any atom is 0.275 e. The number of fused-ring (bicyclic) bond motifs is 1. The minimum absolute atomic E-state index is 0.0108. The van der Waals surface area contributed by atoms with E-state index in [-0.39, 0.29) is 12.0 Å². The van der Waals surface area contributed by atoms with Crippen LogP contribution in [0.4, 0.5) is 0 Å². The number of likely N-dealkylation sites (N-methyl/N-ethyl adjacent to an activating group) is 1. The molecule has 2 aromatic rings. The van der Waals surface area contributed by atoms with Gasteiger partial charge in [-0.15, -0.1) is 0 Å². The fourth-order valence-corrected chi connectivity index (χ4v) is 2.85. The standard InChI is InChI=1S/C18H22N2O3/c1-12(2)8-14-10-16(19-23-14)18(21)20(3)11-15-9-13-6-4-5-7-17(13)22-15/h4-7,10,12,15H,8-9,11H2,1-3H3. The van der Waals surface area contributed by atoms with E-state index < -0.39 is 0 Å². The van der Waals surface area contributed by atoms with Crippen molar-refractivity contribution in [1.82, 2.24) is 10.1 Å². The number of carbonyl (C=O) groups is 1. The van der Waals surface area contributed by atoms with Crippen LogP contribution < -0.4 is 4.74 Å². The summed E-state index contributed by atoms with van der Waals surface area (Å²) in [6, 6.07) is 9.73. The minimum Gasteiger partial charge on any atom is -0.488 e. The van der Waals surface area contributed by atoms with Crippen LogP contribution in [0.2, 0.25) is 0 Å². The third-order valence-electron chi connectivity index (χ3n) is 3.93. The van der Waals surface area contributed by atoms with Gasteiger partial charge >= 0.3 is 0 Å². The van der Waals surface area contributed by atoms with Crippen LogP contribution in [0.15, 0.2) is 34.9 Å². The zero-order chi connectivity index (χ0) is 16.4. The van der Waals surface area contributed by atoms with Crippen LogP contribution >= 0.6 is 0 Å². The summed E-state index contributed by atoms with van der Waals surface area (Å²) in [6.07, 6.45) is 1.60. The lowest BCUT2D eigenvalue weighted by molar-refractivity contribution is 0.0720. The Labute approximate surface area is 136 Å². The first kappa shape index (κ1) is 15.6. The highest BCUT2D eigenvalue weighted by Crippen LogP contribution is 2.28. The van der Waals surface area contributed by atoms with Crippen LogP contribution in [-0.4, -0.2) is 35.7 Å². The van der Waals surface area contributed by atoms with Gasteiger partial charge in [-0.1, -0.05) is 37.2 Å². The van der Waals surface area contributed by atoms with E-state index in [0.717, 1.165) is 24.4 Å². The van der Waals surface area contributed by atoms with Crippen LogP contribution in [-0.2, 0) is 12.8 Å². The summed E-state index contributed by atoms with van der Waals surface area (Å²) in [5.41, 5.74) is 1.55. The molecule has 0 fully saturated rings. The van der Waals surface area contributed by atoms with E-state index in [1.165, 1.54) is 5.56 Å². The number of aromatic nitrogens is 1. The number of carbonyl (C=O) groups excluding carboxylic acids is 1. The van der Waals surface area contributed by atoms with Crippen LogP contribution in [0.1, 0.15) is 35.7 Å². The normalized spacial score (nSPS) is 16.3. The molecule has 5 heteroatoms. The van der Waals surface area contributed by atoms with E-state index in [4.69, 9.17) is 9.26 Å². The Morgan fingerprint density at radius 2 is 2.17 bits per heavy atom. The van der Waals surface area contributed by atoms with Gasteiger partial charge in [-0.25, -0.2) is 0 Å². The molecular formula is C18H22N2O3. The molecule has 1 amide bonds. The summed E-state index contributed by atoms with van der Waals surface area (Å²) in [7, 11) is 1.77. The molecule has 0 aliphatic carbocycles. The molecule has 23 heavy (non-hydrogen) atoms. The molecule has 0 N–H and O–H groups in total. The van der Waals surface area contributed by atoms with E-state index in [2.05, 4.69) is 25.1 Å². The molecular weight excluding hydrogens is 292 g/mol. The van der Waals surface area contributed by atoms with E-state index in [1.807, 2.05) is 18.2 Å².